The maximum Gasteiger partial charge on any atom is 0.251 e. The Morgan fingerprint density at radius 3 is 2.06 bits per heavy atom. The molecule has 1 aliphatic rings. The van der Waals surface area contributed by atoms with Gasteiger partial charge >= 0.3 is 0 Å². The van der Waals surface area contributed by atoms with Gasteiger partial charge in [-0.1, -0.05) is 42.5 Å². The first kappa shape index (κ1) is 22.5. The number of anilines is 1. The molecule has 0 saturated carbocycles. The Bertz CT molecular complexity index is 1080. The number of benzene rings is 3. The molecule has 6 nitrogen and oxygen atoms in total. The van der Waals surface area contributed by atoms with Crippen molar-refractivity contribution in [3.8, 4) is 11.1 Å². The molecule has 4 rings (SSSR count). The van der Waals surface area contributed by atoms with E-state index in [0.717, 1.165) is 16.8 Å². The molecule has 2 amide bonds. The zero-order chi connectivity index (χ0) is 23.2. The first-order valence-corrected chi connectivity index (χ1v) is 10.9. The fourth-order valence-corrected chi connectivity index (χ4v) is 3.93. The highest BCUT2D eigenvalue weighted by atomic mass is 19.1. The number of nitrogens with zero attached hydrogens (tertiary/aromatic N) is 2. The summed E-state index contributed by atoms with van der Waals surface area (Å²) in [5, 5.41) is 12.4. The minimum atomic E-state index is -1.01. The number of hydrogen-bond acceptors (Lipinski definition) is 4. The van der Waals surface area contributed by atoms with Crippen LogP contribution in [0.1, 0.15) is 10.4 Å². The van der Waals surface area contributed by atoms with E-state index in [9.17, 15) is 19.1 Å². The van der Waals surface area contributed by atoms with E-state index in [1.807, 2.05) is 42.5 Å². The van der Waals surface area contributed by atoms with Crippen LogP contribution in [-0.2, 0) is 4.79 Å². The highest BCUT2D eigenvalue weighted by Gasteiger charge is 2.28. The molecule has 170 valence electrons. The van der Waals surface area contributed by atoms with Gasteiger partial charge in [0.25, 0.3) is 5.91 Å². The molecule has 1 fully saturated rings. The van der Waals surface area contributed by atoms with Crippen LogP contribution < -0.4 is 10.2 Å². The topological polar surface area (TPSA) is 72.9 Å². The van der Waals surface area contributed by atoms with Crippen LogP contribution in [0.5, 0.6) is 0 Å². The standard InChI is InChI=1S/C26H26FN3O3/c27-22-10-12-23(13-11-22)29-14-16-30(17-15-29)26(33)24(18-31)28-25(32)21-8-6-20(7-9-21)19-4-2-1-3-5-19/h1-13,24,31H,14-18H2,(H,28,32). The van der Waals surface area contributed by atoms with E-state index in [1.165, 1.54) is 12.1 Å². The average Bonchev–Trinajstić information content (AvgIpc) is 2.88. The van der Waals surface area contributed by atoms with Gasteiger partial charge in [0.05, 0.1) is 6.61 Å². The monoisotopic (exact) mass is 447 g/mol. The van der Waals surface area contributed by atoms with Crippen LogP contribution in [0.3, 0.4) is 0 Å². The highest BCUT2D eigenvalue weighted by Crippen LogP contribution is 2.20. The lowest BCUT2D eigenvalue weighted by Crippen LogP contribution is -2.56. The van der Waals surface area contributed by atoms with Gasteiger partial charge in [-0.2, -0.15) is 0 Å². The molecule has 3 aromatic carbocycles. The third-order valence-corrected chi connectivity index (χ3v) is 5.82. The molecule has 0 radical (unpaired) electrons. The van der Waals surface area contributed by atoms with Gasteiger partial charge in [0.1, 0.15) is 11.9 Å². The zero-order valence-electron chi connectivity index (χ0n) is 18.2. The van der Waals surface area contributed by atoms with Crippen molar-refractivity contribution in [2.24, 2.45) is 0 Å². The van der Waals surface area contributed by atoms with Gasteiger partial charge in [0.15, 0.2) is 0 Å². The van der Waals surface area contributed by atoms with Crippen LogP contribution >= 0.6 is 0 Å². The van der Waals surface area contributed by atoms with Gasteiger partial charge in [-0.25, -0.2) is 4.39 Å². The van der Waals surface area contributed by atoms with Crippen LogP contribution in [0.15, 0.2) is 78.9 Å². The van der Waals surface area contributed by atoms with Crippen molar-refractivity contribution < 1.29 is 19.1 Å². The van der Waals surface area contributed by atoms with Crippen molar-refractivity contribution >= 4 is 17.5 Å². The van der Waals surface area contributed by atoms with Crippen LogP contribution in [0, 0.1) is 5.82 Å². The molecule has 3 aromatic rings. The second-order valence-electron chi connectivity index (χ2n) is 7.94. The van der Waals surface area contributed by atoms with Crippen molar-refractivity contribution in [2.75, 3.05) is 37.7 Å². The Kier molecular flexibility index (Phi) is 7.00. The van der Waals surface area contributed by atoms with Crippen molar-refractivity contribution in [1.82, 2.24) is 10.2 Å². The maximum atomic E-state index is 13.1. The molecule has 0 aliphatic carbocycles. The van der Waals surface area contributed by atoms with E-state index in [0.29, 0.717) is 31.7 Å². The lowest BCUT2D eigenvalue weighted by molar-refractivity contribution is -0.134. The van der Waals surface area contributed by atoms with Crippen molar-refractivity contribution in [2.45, 2.75) is 6.04 Å². The van der Waals surface area contributed by atoms with Gasteiger partial charge in [0.2, 0.25) is 5.91 Å². The predicted octanol–water partition coefficient (Wildman–Crippen LogP) is 2.93. The predicted molar refractivity (Wildman–Crippen MR) is 125 cm³/mol. The Hall–Kier alpha value is -3.71. The van der Waals surface area contributed by atoms with Crippen LogP contribution in [-0.4, -0.2) is 60.6 Å². The number of aliphatic hydroxyl groups excluding tert-OH is 1. The first-order chi connectivity index (χ1) is 16.0. The molecular formula is C26H26FN3O3. The van der Waals surface area contributed by atoms with E-state index in [2.05, 4.69) is 10.2 Å². The van der Waals surface area contributed by atoms with Gasteiger partial charge in [-0.15, -0.1) is 0 Å². The number of nitrogens with one attached hydrogen (secondary N) is 1. The maximum absolute atomic E-state index is 13.1. The van der Waals surface area contributed by atoms with E-state index >= 15 is 0 Å². The minimum absolute atomic E-state index is 0.288. The third-order valence-electron chi connectivity index (χ3n) is 5.82. The summed E-state index contributed by atoms with van der Waals surface area (Å²) in [5.41, 5.74) is 3.35. The third kappa shape index (κ3) is 5.38. The molecule has 7 heteroatoms. The summed E-state index contributed by atoms with van der Waals surface area (Å²) in [7, 11) is 0. The largest absolute Gasteiger partial charge is 0.394 e. The Morgan fingerprint density at radius 2 is 1.45 bits per heavy atom. The van der Waals surface area contributed by atoms with E-state index in [1.54, 1.807) is 29.2 Å². The van der Waals surface area contributed by atoms with Crippen LogP contribution in [0.2, 0.25) is 0 Å². The number of carbonyl (C=O) groups excluding carboxylic acids is 2. The summed E-state index contributed by atoms with van der Waals surface area (Å²) in [6, 6.07) is 22.2. The fourth-order valence-electron chi connectivity index (χ4n) is 3.93. The number of halogens is 1. The second-order valence-corrected chi connectivity index (χ2v) is 7.94. The first-order valence-electron chi connectivity index (χ1n) is 10.9. The summed E-state index contributed by atoms with van der Waals surface area (Å²) in [6.07, 6.45) is 0. The Labute approximate surface area is 192 Å². The normalized spacial score (nSPS) is 14.6. The summed E-state index contributed by atoms with van der Waals surface area (Å²) in [6.45, 7) is 1.60. The van der Waals surface area contributed by atoms with Gasteiger partial charge < -0.3 is 20.2 Å². The Balaban J connectivity index is 1.34. The number of piperazine rings is 1. The molecule has 1 saturated heterocycles. The summed E-state index contributed by atoms with van der Waals surface area (Å²) in [5.74, 6) is -1.01. The van der Waals surface area contributed by atoms with Gasteiger partial charge in [-0.3, -0.25) is 9.59 Å². The number of carbonyl (C=O) groups is 2. The van der Waals surface area contributed by atoms with Crippen molar-refractivity contribution in [1.29, 1.82) is 0 Å². The minimum Gasteiger partial charge on any atom is -0.394 e. The summed E-state index contributed by atoms with van der Waals surface area (Å²) >= 11 is 0. The van der Waals surface area contributed by atoms with E-state index < -0.39 is 18.6 Å². The molecule has 1 atom stereocenters. The van der Waals surface area contributed by atoms with Crippen LogP contribution in [0.4, 0.5) is 10.1 Å². The van der Waals surface area contributed by atoms with Gasteiger partial charge in [-0.05, 0) is 47.5 Å². The van der Waals surface area contributed by atoms with Gasteiger partial charge in [0, 0.05) is 37.4 Å². The molecular weight excluding hydrogens is 421 g/mol. The molecule has 0 aromatic heterocycles. The molecule has 33 heavy (non-hydrogen) atoms. The summed E-state index contributed by atoms with van der Waals surface area (Å²) < 4.78 is 13.1. The highest BCUT2D eigenvalue weighted by molar-refractivity contribution is 5.98. The number of amides is 2. The van der Waals surface area contributed by atoms with Crippen molar-refractivity contribution in [3.05, 3.63) is 90.2 Å². The van der Waals surface area contributed by atoms with E-state index in [-0.39, 0.29) is 11.7 Å². The average molecular weight is 448 g/mol. The zero-order valence-corrected chi connectivity index (χ0v) is 18.2. The van der Waals surface area contributed by atoms with Crippen LogP contribution in [0.25, 0.3) is 11.1 Å². The lowest BCUT2D eigenvalue weighted by atomic mass is 10.0. The van der Waals surface area contributed by atoms with E-state index in [4.69, 9.17) is 0 Å². The SMILES string of the molecule is O=C(NC(CO)C(=O)N1CCN(c2ccc(F)cc2)CC1)c1ccc(-c2ccccc2)cc1. The quantitative estimate of drug-likeness (QED) is 0.610. The smallest absolute Gasteiger partial charge is 0.251 e. The lowest BCUT2D eigenvalue weighted by Gasteiger charge is -2.37. The molecule has 1 heterocycles. The van der Waals surface area contributed by atoms with Crippen molar-refractivity contribution in [3.63, 3.8) is 0 Å². The molecule has 1 unspecified atom stereocenters. The molecule has 2 N–H and O–H groups in total. The molecule has 0 spiro atoms. The number of rotatable bonds is 6. The second kappa shape index (κ2) is 10.3. The molecule has 1 aliphatic heterocycles. The molecule has 0 bridgehead atoms. The Morgan fingerprint density at radius 1 is 0.848 bits per heavy atom. The number of aliphatic hydroxyl groups is 1. The number of hydrogen-bond donors (Lipinski definition) is 2. The fraction of sp³-hybridized carbons (Fsp3) is 0.231. The summed E-state index contributed by atoms with van der Waals surface area (Å²) in [4.78, 5) is 29.3.